The minimum Gasteiger partial charge on any atom is -0.354 e. The maximum atomic E-state index is 12.9. The van der Waals surface area contributed by atoms with Crippen molar-refractivity contribution in [1.29, 1.82) is 0 Å². The summed E-state index contributed by atoms with van der Waals surface area (Å²) in [6, 6.07) is 19.3. The maximum Gasteiger partial charge on any atom is 0.271 e. The van der Waals surface area contributed by atoms with Crippen LogP contribution in [0.4, 0.5) is 0 Å². The van der Waals surface area contributed by atoms with E-state index < -0.39 is 0 Å². The molecule has 7 heteroatoms. The van der Waals surface area contributed by atoms with Gasteiger partial charge in [0.15, 0.2) is 0 Å². The van der Waals surface area contributed by atoms with Gasteiger partial charge in [0.1, 0.15) is 11.2 Å². The molecular formula is C23H20ClN3O2S. The van der Waals surface area contributed by atoms with Gasteiger partial charge in [-0.3, -0.25) is 14.2 Å². The van der Waals surface area contributed by atoms with Gasteiger partial charge in [-0.15, -0.1) is 11.3 Å². The van der Waals surface area contributed by atoms with Crippen molar-refractivity contribution in [2.24, 2.45) is 0 Å². The summed E-state index contributed by atoms with van der Waals surface area (Å²) in [6.45, 7) is 2.50. The summed E-state index contributed by atoms with van der Waals surface area (Å²) >= 11 is 7.32. The number of nitrogens with zero attached hydrogens (tertiary/aromatic N) is 2. The molecule has 0 saturated heterocycles. The molecule has 1 unspecified atom stereocenters. The Bertz CT molecular complexity index is 1230. The first kappa shape index (κ1) is 20.3. The van der Waals surface area contributed by atoms with Crippen LogP contribution in [0.2, 0.25) is 5.02 Å². The monoisotopic (exact) mass is 437 g/mol. The SMILES string of the molecule is CC(CNC(=O)Cn1cnc2cc(-c3ccc(Cl)cc3)sc2c1=O)c1ccccc1. The average molecular weight is 438 g/mol. The molecule has 152 valence electrons. The van der Waals surface area contributed by atoms with Crippen molar-refractivity contribution in [3.8, 4) is 10.4 Å². The number of thiophene rings is 1. The first-order valence-corrected chi connectivity index (χ1v) is 10.8. The largest absolute Gasteiger partial charge is 0.354 e. The molecule has 0 aliphatic heterocycles. The van der Waals surface area contributed by atoms with E-state index in [2.05, 4.69) is 17.2 Å². The molecule has 5 nitrogen and oxygen atoms in total. The predicted octanol–water partition coefficient (Wildman–Crippen LogP) is 4.70. The highest BCUT2D eigenvalue weighted by Gasteiger charge is 2.13. The Morgan fingerprint density at radius 2 is 1.90 bits per heavy atom. The number of nitrogens with one attached hydrogen (secondary N) is 1. The normalized spacial score (nSPS) is 12.1. The Morgan fingerprint density at radius 3 is 2.63 bits per heavy atom. The summed E-state index contributed by atoms with van der Waals surface area (Å²) in [5.41, 5.74) is 2.55. The Labute approximate surface area is 183 Å². The Hall–Kier alpha value is -2.96. The van der Waals surface area contributed by atoms with Gasteiger partial charge in [-0.2, -0.15) is 0 Å². The summed E-state index contributed by atoms with van der Waals surface area (Å²) in [4.78, 5) is 30.5. The number of hydrogen-bond donors (Lipinski definition) is 1. The van der Waals surface area contributed by atoms with E-state index in [0.29, 0.717) is 21.8 Å². The maximum absolute atomic E-state index is 12.9. The molecule has 2 aromatic heterocycles. The third kappa shape index (κ3) is 4.45. The van der Waals surface area contributed by atoms with Gasteiger partial charge in [-0.25, -0.2) is 4.98 Å². The molecular weight excluding hydrogens is 418 g/mol. The standard InChI is InChI=1S/C23H20ClN3O2S/c1-15(16-5-3-2-4-6-16)12-25-21(28)13-27-14-26-19-11-20(30-22(19)23(27)29)17-7-9-18(24)10-8-17/h2-11,14-15H,12-13H2,1H3,(H,25,28). The molecule has 0 aliphatic carbocycles. The van der Waals surface area contributed by atoms with Crippen molar-refractivity contribution in [2.75, 3.05) is 6.54 Å². The number of aromatic nitrogens is 2. The zero-order valence-electron chi connectivity index (χ0n) is 16.3. The van der Waals surface area contributed by atoms with Crippen molar-refractivity contribution in [3.63, 3.8) is 0 Å². The van der Waals surface area contributed by atoms with E-state index in [-0.39, 0.29) is 23.9 Å². The summed E-state index contributed by atoms with van der Waals surface area (Å²) in [6.07, 6.45) is 1.43. The number of rotatable bonds is 6. The zero-order valence-corrected chi connectivity index (χ0v) is 17.9. The third-order valence-corrected chi connectivity index (χ3v) is 6.33. The van der Waals surface area contributed by atoms with Crippen LogP contribution < -0.4 is 10.9 Å². The van der Waals surface area contributed by atoms with E-state index in [9.17, 15) is 9.59 Å². The summed E-state index contributed by atoms with van der Waals surface area (Å²) in [5.74, 6) is -0.0257. The minimum atomic E-state index is -0.212. The Kier molecular flexibility index (Phi) is 5.97. The number of amides is 1. The van der Waals surface area contributed by atoms with E-state index in [4.69, 9.17) is 11.6 Å². The van der Waals surface area contributed by atoms with Crippen LogP contribution in [0.25, 0.3) is 20.7 Å². The van der Waals surface area contributed by atoms with Gasteiger partial charge < -0.3 is 5.32 Å². The quantitative estimate of drug-likeness (QED) is 0.475. The molecule has 0 spiro atoms. The second-order valence-electron chi connectivity index (χ2n) is 7.13. The molecule has 1 N–H and O–H groups in total. The fraction of sp³-hybridized carbons (Fsp3) is 0.174. The molecule has 1 amide bonds. The lowest BCUT2D eigenvalue weighted by molar-refractivity contribution is -0.121. The minimum absolute atomic E-state index is 0.0581. The molecule has 0 radical (unpaired) electrons. The summed E-state index contributed by atoms with van der Waals surface area (Å²) in [5, 5.41) is 3.57. The Balaban J connectivity index is 1.47. The van der Waals surface area contributed by atoms with Gasteiger partial charge in [0.2, 0.25) is 5.91 Å². The van der Waals surface area contributed by atoms with Crippen LogP contribution in [0.3, 0.4) is 0 Å². The van der Waals surface area contributed by atoms with Gasteiger partial charge in [0.05, 0.1) is 11.8 Å². The topological polar surface area (TPSA) is 64.0 Å². The predicted molar refractivity (Wildman–Crippen MR) is 122 cm³/mol. The second-order valence-corrected chi connectivity index (χ2v) is 8.61. The van der Waals surface area contributed by atoms with Crippen molar-refractivity contribution in [3.05, 3.63) is 87.9 Å². The molecule has 4 rings (SSSR count). The van der Waals surface area contributed by atoms with E-state index in [1.165, 1.54) is 22.2 Å². The zero-order chi connectivity index (χ0) is 21.1. The molecule has 0 saturated carbocycles. The van der Waals surface area contributed by atoms with E-state index in [0.717, 1.165) is 16.0 Å². The van der Waals surface area contributed by atoms with Crippen LogP contribution in [0.5, 0.6) is 0 Å². The highest BCUT2D eigenvalue weighted by atomic mass is 35.5. The highest BCUT2D eigenvalue weighted by molar-refractivity contribution is 7.22. The third-order valence-electron chi connectivity index (χ3n) is 4.92. The van der Waals surface area contributed by atoms with Gasteiger partial charge in [0.25, 0.3) is 5.56 Å². The number of benzene rings is 2. The van der Waals surface area contributed by atoms with Gasteiger partial charge in [0, 0.05) is 16.4 Å². The Morgan fingerprint density at radius 1 is 1.17 bits per heavy atom. The fourth-order valence-electron chi connectivity index (χ4n) is 3.19. The number of carbonyl (C=O) groups is 1. The first-order valence-electron chi connectivity index (χ1n) is 9.58. The van der Waals surface area contributed by atoms with Gasteiger partial charge >= 0.3 is 0 Å². The second kappa shape index (κ2) is 8.81. The summed E-state index contributed by atoms with van der Waals surface area (Å²) < 4.78 is 1.89. The van der Waals surface area contributed by atoms with E-state index in [1.807, 2.05) is 60.7 Å². The van der Waals surface area contributed by atoms with Crippen molar-refractivity contribution >= 4 is 39.1 Å². The van der Waals surface area contributed by atoms with E-state index in [1.54, 1.807) is 0 Å². The number of halogens is 1. The molecule has 0 fully saturated rings. The van der Waals surface area contributed by atoms with Crippen LogP contribution in [0.1, 0.15) is 18.4 Å². The fourth-order valence-corrected chi connectivity index (χ4v) is 4.38. The molecule has 30 heavy (non-hydrogen) atoms. The number of fused-ring (bicyclic) bond motifs is 1. The highest BCUT2D eigenvalue weighted by Crippen LogP contribution is 2.31. The lowest BCUT2D eigenvalue weighted by atomic mass is 10.0. The average Bonchev–Trinajstić information content (AvgIpc) is 3.20. The molecule has 0 aliphatic rings. The molecule has 1 atom stereocenters. The summed E-state index contributed by atoms with van der Waals surface area (Å²) in [7, 11) is 0. The lowest BCUT2D eigenvalue weighted by Crippen LogP contribution is -2.34. The van der Waals surface area contributed by atoms with Crippen LogP contribution >= 0.6 is 22.9 Å². The van der Waals surface area contributed by atoms with Crippen LogP contribution in [0.15, 0.2) is 71.8 Å². The van der Waals surface area contributed by atoms with Crippen LogP contribution in [-0.4, -0.2) is 22.0 Å². The van der Waals surface area contributed by atoms with E-state index >= 15 is 0 Å². The van der Waals surface area contributed by atoms with Gasteiger partial charge in [-0.05, 0) is 35.2 Å². The van der Waals surface area contributed by atoms with Crippen molar-refractivity contribution < 1.29 is 4.79 Å². The number of carbonyl (C=O) groups excluding carboxylic acids is 1. The molecule has 4 aromatic rings. The van der Waals surface area contributed by atoms with Crippen LogP contribution in [0, 0.1) is 0 Å². The van der Waals surface area contributed by atoms with Crippen molar-refractivity contribution in [1.82, 2.24) is 14.9 Å². The van der Waals surface area contributed by atoms with Crippen molar-refractivity contribution in [2.45, 2.75) is 19.4 Å². The first-order chi connectivity index (χ1) is 14.5. The number of hydrogen-bond acceptors (Lipinski definition) is 4. The van der Waals surface area contributed by atoms with Gasteiger partial charge in [-0.1, -0.05) is 61.0 Å². The molecule has 2 heterocycles. The molecule has 0 bridgehead atoms. The lowest BCUT2D eigenvalue weighted by Gasteiger charge is -2.13. The van der Waals surface area contributed by atoms with Crippen LogP contribution in [-0.2, 0) is 11.3 Å². The molecule has 2 aromatic carbocycles. The smallest absolute Gasteiger partial charge is 0.271 e.